The molecule has 0 fully saturated rings. The highest BCUT2D eigenvalue weighted by Crippen LogP contribution is 2.34. The van der Waals surface area contributed by atoms with Crippen molar-refractivity contribution in [3.63, 3.8) is 0 Å². The lowest BCUT2D eigenvalue weighted by Gasteiger charge is -2.17. The Balaban J connectivity index is 2.04. The number of hydrogen-bond donors (Lipinski definition) is 1. The molecule has 1 aromatic carbocycles. The molecule has 0 saturated heterocycles. The van der Waals surface area contributed by atoms with Gasteiger partial charge in [0.1, 0.15) is 6.54 Å². The zero-order valence-corrected chi connectivity index (χ0v) is 17.5. The molecule has 10 heteroatoms. The number of amides is 1. The van der Waals surface area contributed by atoms with Crippen molar-refractivity contribution in [3.05, 3.63) is 68.9 Å². The van der Waals surface area contributed by atoms with E-state index in [1.54, 1.807) is 33.8 Å². The van der Waals surface area contributed by atoms with Gasteiger partial charge in [-0.15, -0.1) is 0 Å². The Kier molecular flexibility index (Phi) is 6.01. The van der Waals surface area contributed by atoms with Crippen LogP contribution in [0.25, 0.3) is 5.95 Å². The summed E-state index contributed by atoms with van der Waals surface area (Å²) in [6.07, 6.45) is -4.23. The van der Waals surface area contributed by atoms with Crippen molar-refractivity contribution in [2.24, 2.45) is 0 Å². The summed E-state index contributed by atoms with van der Waals surface area (Å²) in [4.78, 5) is 30.2. The highest BCUT2D eigenvalue weighted by Gasteiger charge is 2.33. The molecule has 0 spiro atoms. The topological polar surface area (TPSA) is 81.8 Å². The van der Waals surface area contributed by atoms with Crippen molar-refractivity contribution in [1.29, 1.82) is 0 Å². The maximum absolute atomic E-state index is 13.2. The van der Waals surface area contributed by atoms with Gasteiger partial charge in [0.25, 0.3) is 5.56 Å². The van der Waals surface area contributed by atoms with Gasteiger partial charge in [0, 0.05) is 11.3 Å². The van der Waals surface area contributed by atoms with Crippen molar-refractivity contribution < 1.29 is 18.0 Å². The Morgan fingerprint density at radius 1 is 1.16 bits per heavy atom. The zero-order chi connectivity index (χ0) is 22.9. The van der Waals surface area contributed by atoms with E-state index in [0.29, 0.717) is 29.1 Å². The summed E-state index contributed by atoms with van der Waals surface area (Å²) in [5.74, 6) is -0.654. The van der Waals surface area contributed by atoms with Crippen LogP contribution >= 0.6 is 0 Å². The molecule has 31 heavy (non-hydrogen) atoms. The lowest BCUT2D eigenvalue weighted by Crippen LogP contribution is -2.34. The van der Waals surface area contributed by atoms with Crippen molar-refractivity contribution in [2.45, 2.75) is 46.8 Å². The van der Waals surface area contributed by atoms with Crippen LogP contribution in [-0.2, 0) is 23.9 Å². The summed E-state index contributed by atoms with van der Waals surface area (Å²) in [6.45, 7) is 6.52. The maximum Gasteiger partial charge on any atom is 0.418 e. The van der Waals surface area contributed by atoms with E-state index in [9.17, 15) is 22.8 Å². The van der Waals surface area contributed by atoms with Crippen molar-refractivity contribution in [3.8, 4) is 5.95 Å². The van der Waals surface area contributed by atoms with E-state index in [1.807, 2.05) is 0 Å². The number of carbonyl (C=O) groups is 1. The summed E-state index contributed by atoms with van der Waals surface area (Å²) in [5, 5.41) is 6.60. The van der Waals surface area contributed by atoms with Crippen LogP contribution in [0.4, 0.5) is 18.9 Å². The van der Waals surface area contributed by atoms with Gasteiger partial charge in [-0.1, -0.05) is 19.1 Å². The van der Waals surface area contributed by atoms with Crippen LogP contribution in [-0.4, -0.2) is 25.2 Å². The number of benzene rings is 1. The molecular formula is C21H22F3N5O2. The van der Waals surface area contributed by atoms with Crippen LogP contribution in [0.1, 0.15) is 35.1 Å². The molecule has 0 aliphatic rings. The van der Waals surface area contributed by atoms with Crippen LogP contribution in [0.15, 0.2) is 35.1 Å². The molecule has 0 unspecified atom stereocenters. The van der Waals surface area contributed by atoms with Gasteiger partial charge in [0.05, 0.1) is 22.6 Å². The van der Waals surface area contributed by atoms with Gasteiger partial charge in [-0.25, -0.2) is 9.67 Å². The van der Waals surface area contributed by atoms with Crippen LogP contribution in [0.2, 0.25) is 0 Å². The van der Waals surface area contributed by atoms with E-state index in [1.165, 1.54) is 16.8 Å². The summed E-state index contributed by atoms with van der Waals surface area (Å²) < 4.78 is 42.3. The third-order valence-electron chi connectivity index (χ3n) is 4.81. The second-order valence-corrected chi connectivity index (χ2v) is 7.15. The average molecular weight is 433 g/mol. The third kappa shape index (κ3) is 4.52. The lowest BCUT2D eigenvalue weighted by molar-refractivity contribution is -0.137. The predicted octanol–water partition coefficient (Wildman–Crippen LogP) is 3.57. The number of rotatable bonds is 5. The maximum atomic E-state index is 13.2. The molecule has 0 radical (unpaired) electrons. The Morgan fingerprint density at radius 2 is 1.84 bits per heavy atom. The molecular weight excluding hydrogens is 411 g/mol. The van der Waals surface area contributed by atoms with Gasteiger partial charge in [0.2, 0.25) is 11.9 Å². The number of aryl methyl sites for hydroxylation is 3. The van der Waals surface area contributed by atoms with Crippen LogP contribution in [0.3, 0.4) is 0 Å². The minimum atomic E-state index is -4.63. The molecule has 3 aromatic rings. The molecule has 164 valence electrons. The highest BCUT2D eigenvalue weighted by atomic mass is 19.4. The fourth-order valence-electron chi connectivity index (χ4n) is 3.40. The number of nitrogens with zero attached hydrogens (tertiary/aromatic N) is 4. The minimum Gasteiger partial charge on any atom is -0.324 e. The largest absolute Gasteiger partial charge is 0.418 e. The average Bonchev–Trinajstić information content (AvgIpc) is 3.01. The minimum absolute atomic E-state index is 0.129. The number of anilines is 1. The van der Waals surface area contributed by atoms with Gasteiger partial charge < -0.3 is 5.32 Å². The molecule has 1 amide bonds. The number of hydrogen-bond acceptors (Lipinski definition) is 4. The zero-order valence-electron chi connectivity index (χ0n) is 17.5. The second-order valence-electron chi connectivity index (χ2n) is 7.15. The first-order chi connectivity index (χ1) is 14.5. The molecule has 3 rings (SSSR count). The third-order valence-corrected chi connectivity index (χ3v) is 4.81. The monoisotopic (exact) mass is 433 g/mol. The van der Waals surface area contributed by atoms with E-state index in [4.69, 9.17) is 0 Å². The standard InChI is InChI=1S/C21H22F3N5O2/c1-5-15-14(4)25-20(29-13(3)10-12(2)27-29)28(19(15)31)11-18(30)26-17-9-7-6-8-16(17)21(22,23)24/h6-10H,5,11H2,1-4H3,(H,26,30). The summed E-state index contributed by atoms with van der Waals surface area (Å²) >= 11 is 0. The van der Waals surface area contributed by atoms with E-state index in [-0.39, 0.29) is 11.6 Å². The van der Waals surface area contributed by atoms with Gasteiger partial charge in [-0.2, -0.15) is 18.3 Å². The second kappa shape index (κ2) is 8.37. The molecule has 2 heterocycles. The molecule has 0 bridgehead atoms. The van der Waals surface area contributed by atoms with Gasteiger partial charge in [-0.05, 0) is 45.4 Å². The summed E-state index contributed by atoms with van der Waals surface area (Å²) in [6, 6.07) is 6.46. The number of para-hydroxylation sites is 1. The molecule has 7 nitrogen and oxygen atoms in total. The fourth-order valence-corrected chi connectivity index (χ4v) is 3.40. The van der Waals surface area contributed by atoms with Crippen LogP contribution in [0.5, 0.6) is 0 Å². The Bertz CT molecular complexity index is 1190. The van der Waals surface area contributed by atoms with Gasteiger partial charge in [-0.3, -0.25) is 14.2 Å². The number of alkyl halides is 3. The first-order valence-electron chi connectivity index (χ1n) is 9.63. The van der Waals surface area contributed by atoms with Crippen molar-refractivity contribution in [2.75, 3.05) is 5.32 Å². The number of aromatic nitrogens is 4. The normalized spacial score (nSPS) is 11.6. The highest BCUT2D eigenvalue weighted by molar-refractivity contribution is 5.91. The Labute approximate surface area is 176 Å². The molecule has 0 aliphatic heterocycles. The Hall–Kier alpha value is -3.43. The first kappa shape index (κ1) is 22.3. The molecule has 0 saturated carbocycles. The number of halogens is 3. The van der Waals surface area contributed by atoms with E-state index >= 15 is 0 Å². The van der Waals surface area contributed by atoms with Crippen LogP contribution in [0, 0.1) is 20.8 Å². The number of nitrogens with one attached hydrogen (secondary N) is 1. The predicted molar refractivity (Wildman–Crippen MR) is 109 cm³/mol. The lowest BCUT2D eigenvalue weighted by atomic mass is 10.1. The summed E-state index contributed by atoms with van der Waals surface area (Å²) in [5.41, 5.74) is 0.547. The SMILES string of the molecule is CCc1c(C)nc(-n2nc(C)cc2C)n(CC(=O)Nc2ccccc2C(F)(F)F)c1=O. The smallest absolute Gasteiger partial charge is 0.324 e. The van der Waals surface area contributed by atoms with Gasteiger partial charge >= 0.3 is 6.18 Å². The van der Waals surface area contributed by atoms with Crippen molar-refractivity contribution >= 4 is 11.6 Å². The quantitative estimate of drug-likeness (QED) is 0.667. The molecule has 2 aromatic heterocycles. The van der Waals surface area contributed by atoms with E-state index in [0.717, 1.165) is 16.7 Å². The first-order valence-corrected chi connectivity index (χ1v) is 9.63. The molecule has 0 atom stereocenters. The fraction of sp³-hybridized carbons (Fsp3) is 0.333. The van der Waals surface area contributed by atoms with E-state index < -0.39 is 29.8 Å². The Morgan fingerprint density at radius 3 is 2.42 bits per heavy atom. The van der Waals surface area contributed by atoms with Crippen LogP contribution < -0.4 is 10.9 Å². The van der Waals surface area contributed by atoms with Crippen molar-refractivity contribution in [1.82, 2.24) is 19.3 Å². The number of carbonyl (C=O) groups excluding carboxylic acids is 1. The van der Waals surface area contributed by atoms with E-state index in [2.05, 4.69) is 15.4 Å². The van der Waals surface area contributed by atoms with Gasteiger partial charge in [0.15, 0.2) is 0 Å². The molecule has 1 N–H and O–H groups in total. The molecule has 0 aliphatic carbocycles. The summed E-state index contributed by atoms with van der Waals surface area (Å²) in [7, 11) is 0.